The van der Waals surface area contributed by atoms with E-state index in [4.69, 9.17) is 4.74 Å². The smallest absolute Gasteiger partial charge is 0.253 e. The quantitative estimate of drug-likeness (QED) is 0.407. The van der Waals surface area contributed by atoms with Crippen molar-refractivity contribution in [1.29, 1.82) is 0 Å². The van der Waals surface area contributed by atoms with Crippen molar-refractivity contribution >= 4 is 28.2 Å². The van der Waals surface area contributed by atoms with Crippen molar-refractivity contribution in [3.8, 4) is 5.75 Å². The van der Waals surface area contributed by atoms with Crippen LogP contribution in [0.1, 0.15) is 27.2 Å². The Morgan fingerprint density at radius 3 is 2.42 bits per heavy atom. The lowest BCUT2D eigenvalue weighted by atomic mass is 10.2. The van der Waals surface area contributed by atoms with Crippen LogP contribution in [0.25, 0.3) is 0 Å². The van der Waals surface area contributed by atoms with E-state index in [0.29, 0.717) is 30.3 Å². The standard InChI is InChI=1S/C24H22N4O2S/c1-17-16-31-24(27-17)28-22-21(30-15-19-10-6-3-7-11-19)12-20(14-25-22)23(29)26-13-18-8-4-2-5-9-18/h2-12,14,16H,13,15H2,1H3,(H,26,29)(H,25,27,28). The number of anilines is 2. The summed E-state index contributed by atoms with van der Waals surface area (Å²) < 4.78 is 6.03. The number of hydrogen-bond donors (Lipinski definition) is 2. The maximum absolute atomic E-state index is 12.7. The lowest BCUT2D eigenvalue weighted by Gasteiger charge is -2.13. The van der Waals surface area contributed by atoms with Gasteiger partial charge in [-0.3, -0.25) is 4.79 Å². The van der Waals surface area contributed by atoms with Crippen LogP contribution in [0.4, 0.5) is 10.9 Å². The molecule has 2 aromatic heterocycles. The maximum atomic E-state index is 12.7. The molecule has 0 radical (unpaired) electrons. The van der Waals surface area contributed by atoms with E-state index in [9.17, 15) is 4.79 Å². The molecule has 6 nitrogen and oxygen atoms in total. The molecular weight excluding hydrogens is 408 g/mol. The van der Waals surface area contributed by atoms with E-state index in [1.54, 1.807) is 12.3 Å². The van der Waals surface area contributed by atoms with Gasteiger partial charge in [0.15, 0.2) is 16.7 Å². The molecule has 156 valence electrons. The van der Waals surface area contributed by atoms with Gasteiger partial charge in [-0.1, -0.05) is 60.7 Å². The van der Waals surface area contributed by atoms with Crippen molar-refractivity contribution in [2.45, 2.75) is 20.1 Å². The first-order chi connectivity index (χ1) is 15.2. The molecule has 2 aromatic carbocycles. The second-order valence-electron chi connectivity index (χ2n) is 6.93. The van der Waals surface area contributed by atoms with Gasteiger partial charge in [-0.25, -0.2) is 9.97 Å². The summed E-state index contributed by atoms with van der Waals surface area (Å²) in [4.78, 5) is 21.5. The zero-order valence-electron chi connectivity index (χ0n) is 17.0. The van der Waals surface area contributed by atoms with Gasteiger partial charge >= 0.3 is 0 Å². The minimum absolute atomic E-state index is 0.211. The first-order valence-electron chi connectivity index (χ1n) is 9.85. The van der Waals surface area contributed by atoms with Crippen molar-refractivity contribution in [3.63, 3.8) is 0 Å². The van der Waals surface area contributed by atoms with Crippen LogP contribution in [0.2, 0.25) is 0 Å². The number of carbonyl (C=O) groups is 1. The monoisotopic (exact) mass is 430 g/mol. The molecule has 0 spiro atoms. The van der Waals surface area contributed by atoms with Gasteiger partial charge in [-0.2, -0.15) is 0 Å². The highest BCUT2D eigenvalue weighted by Crippen LogP contribution is 2.29. The molecule has 0 saturated heterocycles. The van der Waals surface area contributed by atoms with E-state index in [1.807, 2.05) is 73.0 Å². The Hall–Kier alpha value is -3.71. The summed E-state index contributed by atoms with van der Waals surface area (Å²) in [5.74, 6) is 0.798. The molecule has 4 rings (SSSR count). The van der Waals surface area contributed by atoms with E-state index in [-0.39, 0.29) is 5.91 Å². The molecule has 31 heavy (non-hydrogen) atoms. The highest BCUT2D eigenvalue weighted by atomic mass is 32.1. The maximum Gasteiger partial charge on any atom is 0.253 e. The normalized spacial score (nSPS) is 10.5. The van der Waals surface area contributed by atoms with E-state index in [2.05, 4.69) is 20.6 Å². The highest BCUT2D eigenvalue weighted by molar-refractivity contribution is 7.13. The van der Waals surface area contributed by atoms with Gasteiger partial charge in [0.25, 0.3) is 5.91 Å². The third-order valence-electron chi connectivity index (χ3n) is 4.49. The summed E-state index contributed by atoms with van der Waals surface area (Å²) in [7, 11) is 0. The average Bonchev–Trinajstić information content (AvgIpc) is 3.22. The van der Waals surface area contributed by atoms with Gasteiger partial charge in [0.1, 0.15) is 6.61 Å². The van der Waals surface area contributed by atoms with Gasteiger partial charge < -0.3 is 15.4 Å². The number of thiazole rings is 1. The fraction of sp³-hybridized carbons (Fsp3) is 0.125. The number of pyridine rings is 1. The summed E-state index contributed by atoms with van der Waals surface area (Å²) in [6, 6.07) is 21.3. The number of aryl methyl sites for hydroxylation is 1. The molecule has 1 amide bonds. The number of rotatable bonds is 8. The van der Waals surface area contributed by atoms with E-state index >= 15 is 0 Å². The number of aromatic nitrogens is 2. The fourth-order valence-electron chi connectivity index (χ4n) is 2.90. The first-order valence-corrected chi connectivity index (χ1v) is 10.7. The van der Waals surface area contributed by atoms with Crippen molar-refractivity contribution < 1.29 is 9.53 Å². The van der Waals surface area contributed by atoms with Crippen LogP contribution in [0.15, 0.2) is 78.3 Å². The molecule has 0 aliphatic rings. The largest absolute Gasteiger partial charge is 0.485 e. The predicted molar refractivity (Wildman–Crippen MR) is 123 cm³/mol. The number of hydrogen-bond acceptors (Lipinski definition) is 6. The summed E-state index contributed by atoms with van der Waals surface area (Å²) >= 11 is 1.49. The molecular formula is C24H22N4O2S. The Labute approximate surface area is 185 Å². The SMILES string of the molecule is Cc1csc(Nc2ncc(C(=O)NCc3ccccc3)cc2OCc2ccccc2)n1. The second-order valence-corrected chi connectivity index (χ2v) is 7.79. The summed E-state index contributed by atoms with van der Waals surface area (Å²) in [6.45, 7) is 2.74. The molecule has 4 aromatic rings. The van der Waals surface area contributed by atoms with Crippen LogP contribution < -0.4 is 15.4 Å². The number of carbonyl (C=O) groups excluding carboxylic acids is 1. The zero-order chi connectivity index (χ0) is 21.5. The zero-order valence-corrected chi connectivity index (χ0v) is 17.9. The third kappa shape index (κ3) is 5.67. The van der Waals surface area contributed by atoms with Gasteiger partial charge in [0.05, 0.1) is 11.3 Å². The predicted octanol–water partition coefficient (Wildman–Crippen LogP) is 5.10. The van der Waals surface area contributed by atoms with Gasteiger partial charge in [0.2, 0.25) is 0 Å². The fourth-order valence-corrected chi connectivity index (χ4v) is 3.59. The number of benzene rings is 2. The van der Waals surface area contributed by atoms with E-state index in [0.717, 1.165) is 22.0 Å². The van der Waals surface area contributed by atoms with Crippen molar-refractivity contribution in [2.75, 3.05) is 5.32 Å². The number of nitrogens with one attached hydrogen (secondary N) is 2. The molecule has 0 bridgehead atoms. The average molecular weight is 431 g/mol. The highest BCUT2D eigenvalue weighted by Gasteiger charge is 2.14. The molecule has 7 heteroatoms. The van der Waals surface area contributed by atoms with Gasteiger partial charge in [-0.05, 0) is 24.1 Å². The lowest BCUT2D eigenvalue weighted by Crippen LogP contribution is -2.23. The Kier molecular flexibility index (Phi) is 6.54. The van der Waals surface area contributed by atoms with Crippen LogP contribution in [-0.4, -0.2) is 15.9 Å². The van der Waals surface area contributed by atoms with Crippen LogP contribution in [-0.2, 0) is 13.2 Å². The molecule has 2 N–H and O–H groups in total. The number of nitrogens with zero attached hydrogens (tertiary/aromatic N) is 2. The summed E-state index contributed by atoms with van der Waals surface area (Å²) in [5.41, 5.74) is 3.41. The molecule has 0 fully saturated rings. The third-order valence-corrected chi connectivity index (χ3v) is 5.37. The Morgan fingerprint density at radius 1 is 1.03 bits per heavy atom. The Morgan fingerprint density at radius 2 is 1.74 bits per heavy atom. The summed E-state index contributed by atoms with van der Waals surface area (Å²) in [5, 5.41) is 8.79. The van der Waals surface area contributed by atoms with Crippen LogP contribution in [0.3, 0.4) is 0 Å². The Bertz CT molecular complexity index is 1150. The number of ether oxygens (including phenoxy) is 1. The molecule has 0 atom stereocenters. The van der Waals surface area contributed by atoms with Crippen LogP contribution in [0.5, 0.6) is 5.75 Å². The topological polar surface area (TPSA) is 76.1 Å². The molecule has 0 aliphatic heterocycles. The minimum atomic E-state index is -0.211. The van der Waals surface area contributed by atoms with E-state index in [1.165, 1.54) is 11.3 Å². The second kappa shape index (κ2) is 9.86. The van der Waals surface area contributed by atoms with Crippen LogP contribution in [0, 0.1) is 6.92 Å². The molecule has 2 heterocycles. The van der Waals surface area contributed by atoms with Crippen molar-refractivity contribution in [3.05, 3.63) is 101 Å². The Balaban J connectivity index is 1.52. The van der Waals surface area contributed by atoms with Crippen molar-refractivity contribution in [1.82, 2.24) is 15.3 Å². The molecule has 0 saturated carbocycles. The lowest BCUT2D eigenvalue weighted by molar-refractivity contribution is 0.0950. The van der Waals surface area contributed by atoms with Gasteiger partial charge in [-0.15, -0.1) is 11.3 Å². The van der Waals surface area contributed by atoms with Gasteiger partial charge in [0, 0.05) is 18.1 Å². The van der Waals surface area contributed by atoms with E-state index < -0.39 is 0 Å². The molecule has 0 aliphatic carbocycles. The molecule has 0 unspecified atom stereocenters. The minimum Gasteiger partial charge on any atom is -0.485 e. The van der Waals surface area contributed by atoms with Crippen molar-refractivity contribution in [2.24, 2.45) is 0 Å². The first kappa shape index (κ1) is 20.6. The van der Waals surface area contributed by atoms with Crippen LogP contribution >= 0.6 is 11.3 Å². The summed E-state index contributed by atoms with van der Waals surface area (Å²) in [6.07, 6.45) is 1.54. The number of amides is 1.